The number of unbranched alkanes of at least 4 members (excludes halogenated alkanes) is 1. The van der Waals surface area contributed by atoms with Crippen LogP contribution in [0.5, 0.6) is 0 Å². The van der Waals surface area contributed by atoms with E-state index < -0.39 is 35.0 Å². The molecule has 8 nitrogen and oxygen atoms in total. The van der Waals surface area contributed by atoms with Gasteiger partial charge in [-0.3, -0.25) is 20.2 Å². The highest BCUT2D eigenvalue weighted by atomic mass is 32.1. The van der Waals surface area contributed by atoms with E-state index in [-0.39, 0.29) is 35.9 Å². The van der Waals surface area contributed by atoms with Crippen LogP contribution in [-0.4, -0.2) is 44.6 Å². The smallest absolute Gasteiger partial charge is 0.300 e. The summed E-state index contributed by atoms with van der Waals surface area (Å²) in [5.41, 5.74) is -4.66. The SMILES string of the molecule is O=C(Nc1nnc(CCCCc2nnc(NC(=O)C3(C(F)(F)F)CC3)s2)s1)C1(C(F)(F)F)CC1. The van der Waals surface area contributed by atoms with Crippen LogP contribution in [0.3, 0.4) is 0 Å². The minimum atomic E-state index is -4.60. The van der Waals surface area contributed by atoms with Crippen molar-refractivity contribution in [1.82, 2.24) is 20.4 Å². The summed E-state index contributed by atoms with van der Waals surface area (Å²) >= 11 is 1.99. The molecule has 0 radical (unpaired) electrons. The summed E-state index contributed by atoms with van der Waals surface area (Å²) in [7, 11) is 0. The minimum Gasteiger partial charge on any atom is -0.300 e. The number of aryl methyl sites for hydroxylation is 2. The van der Waals surface area contributed by atoms with Crippen LogP contribution >= 0.6 is 22.7 Å². The van der Waals surface area contributed by atoms with Crippen molar-refractivity contribution >= 4 is 44.8 Å². The Labute approximate surface area is 196 Å². The van der Waals surface area contributed by atoms with E-state index in [1.165, 1.54) is 0 Å². The number of hydrogen-bond donors (Lipinski definition) is 2. The Balaban J connectivity index is 1.20. The van der Waals surface area contributed by atoms with Gasteiger partial charge in [0.2, 0.25) is 22.1 Å². The number of nitrogens with zero attached hydrogens (tertiary/aromatic N) is 4. The molecule has 16 heteroatoms. The van der Waals surface area contributed by atoms with E-state index in [2.05, 4.69) is 31.0 Å². The topological polar surface area (TPSA) is 110 Å². The van der Waals surface area contributed by atoms with Crippen molar-refractivity contribution in [3.05, 3.63) is 10.0 Å². The van der Waals surface area contributed by atoms with Gasteiger partial charge in [-0.25, -0.2) is 0 Å². The molecule has 0 unspecified atom stereocenters. The first kappa shape index (κ1) is 24.8. The molecule has 2 aliphatic rings. The molecule has 186 valence electrons. The summed E-state index contributed by atoms with van der Waals surface area (Å²) in [4.78, 5) is 23.9. The average Bonchev–Trinajstić information content (AvgIpc) is 3.63. The second-order valence-corrected chi connectivity index (χ2v) is 10.4. The second kappa shape index (κ2) is 8.70. The Morgan fingerprint density at radius 2 is 1.06 bits per heavy atom. The lowest BCUT2D eigenvalue weighted by Gasteiger charge is -2.17. The molecule has 2 aromatic heterocycles. The quantitative estimate of drug-likeness (QED) is 0.366. The van der Waals surface area contributed by atoms with Crippen molar-refractivity contribution in [3.8, 4) is 0 Å². The van der Waals surface area contributed by atoms with Crippen molar-refractivity contribution in [1.29, 1.82) is 0 Å². The first-order chi connectivity index (χ1) is 15.9. The predicted molar refractivity (Wildman–Crippen MR) is 109 cm³/mol. The number of halogens is 6. The maximum absolute atomic E-state index is 13.0. The maximum Gasteiger partial charge on any atom is 0.403 e. The lowest BCUT2D eigenvalue weighted by Crippen LogP contribution is -2.36. The highest BCUT2D eigenvalue weighted by Crippen LogP contribution is 2.59. The number of amides is 2. The minimum absolute atomic E-state index is 0.00678. The van der Waals surface area contributed by atoms with E-state index in [1.54, 1.807) is 0 Å². The monoisotopic (exact) mass is 528 g/mol. The van der Waals surface area contributed by atoms with Crippen LogP contribution in [0.15, 0.2) is 0 Å². The first-order valence-corrected chi connectivity index (χ1v) is 11.9. The molecule has 2 N–H and O–H groups in total. The molecule has 2 aliphatic carbocycles. The van der Waals surface area contributed by atoms with Gasteiger partial charge in [0.15, 0.2) is 0 Å². The van der Waals surface area contributed by atoms with Crippen molar-refractivity contribution in [3.63, 3.8) is 0 Å². The zero-order chi connectivity index (χ0) is 24.8. The zero-order valence-corrected chi connectivity index (χ0v) is 19.0. The normalized spacial score (nSPS) is 18.4. The van der Waals surface area contributed by atoms with Crippen molar-refractivity contribution < 1.29 is 35.9 Å². The molecule has 2 fully saturated rings. The van der Waals surface area contributed by atoms with Crippen LogP contribution in [0.2, 0.25) is 0 Å². The van der Waals surface area contributed by atoms with Gasteiger partial charge >= 0.3 is 12.4 Å². The summed E-state index contributed by atoms with van der Waals surface area (Å²) in [6, 6.07) is 0. The Hall–Kier alpha value is -2.36. The van der Waals surface area contributed by atoms with Gasteiger partial charge in [-0.2, -0.15) is 26.3 Å². The molecule has 0 atom stereocenters. The number of nitrogens with one attached hydrogen (secondary N) is 2. The number of carbonyl (C=O) groups is 2. The van der Waals surface area contributed by atoms with Crippen LogP contribution in [-0.2, 0) is 22.4 Å². The van der Waals surface area contributed by atoms with Gasteiger partial charge in [0.25, 0.3) is 0 Å². The van der Waals surface area contributed by atoms with Crippen LogP contribution in [0.4, 0.5) is 36.6 Å². The number of carbonyl (C=O) groups excluding carboxylic acids is 2. The largest absolute Gasteiger partial charge is 0.403 e. The molecule has 2 heterocycles. The maximum atomic E-state index is 13.0. The molecule has 0 spiro atoms. The summed E-state index contributed by atoms with van der Waals surface area (Å²) in [6.07, 6.45) is -8.00. The van der Waals surface area contributed by atoms with E-state index in [0.29, 0.717) is 35.7 Å². The van der Waals surface area contributed by atoms with E-state index in [4.69, 9.17) is 0 Å². The van der Waals surface area contributed by atoms with Gasteiger partial charge < -0.3 is 0 Å². The molecule has 0 saturated heterocycles. The molecule has 0 aliphatic heterocycles. The standard InChI is InChI=1S/C18H18F6N6O2S2/c19-17(20,21)15(5-6-15)11(31)25-13-29-27-9(33-13)3-1-2-4-10-28-30-14(34-10)26-12(32)16(7-8-16)18(22,23)24/h1-8H2,(H,25,29,31)(H,26,30,32). The highest BCUT2D eigenvalue weighted by Gasteiger charge is 2.69. The number of alkyl halides is 6. The lowest BCUT2D eigenvalue weighted by molar-refractivity contribution is -0.190. The fourth-order valence-corrected chi connectivity index (χ4v) is 4.88. The average molecular weight is 529 g/mol. The number of rotatable bonds is 9. The van der Waals surface area contributed by atoms with E-state index >= 15 is 0 Å². The lowest BCUT2D eigenvalue weighted by atomic mass is 10.1. The third-order valence-corrected chi connectivity index (χ3v) is 7.66. The van der Waals surface area contributed by atoms with Crippen molar-refractivity contribution in [2.45, 2.75) is 63.7 Å². The number of aromatic nitrogens is 4. The van der Waals surface area contributed by atoms with E-state index in [0.717, 1.165) is 22.7 Å². The molecule has 0 bridgehead atoms. The third kappa shape index (κ3) is 4.87. The van der Waals surface area contributed by atoms with Gasteiger partial charge in [0.1, 0.15) is 20.8 Å². The summed E-state index contributed by atoms with van der Waals surface area (Å²) in [5.74, 6) is -2.24. The number of hydrogen-bond acceptors (Lipinski definition) is 8. The van der Waals surface area contributed by atoms with E-state index in [9.17, 15) is 35.9 Å². The Morgan fingerprint density at radius 3 is 1.35 bits per heavy atom. The fraction of sp³-hybridized carbons (Fsp3) is 0.667. The Kier molecular flexibility index (Phi) is 6.33. The van der Waals surface area contributed by atoms with Gasteiger partial charge in [-0.05, 0) is 38.5 Å². The first-order valence-electron chi connectivity index (χ1n) is 10.3. The molecular weight excluding hydrogens is 510 g/mol. The summed E-state index contributed by atoms with van der Waals surface area (Å²) < 4.78 is 78.0. The van der Waals surface area contributed by atoms with Crippen LogP contribution in [0.1, 0.15) is 48.5 Å². The van der Waals surface area contributed by atoms with Gasteiger partial charge in [-0.15, -0.1) is 20.4 Å². The van der Waals surface area contributed by atoms with Crippen LogP contribution < -0.4 is 10.6 Å². The Morgan fingerprint density at radius 1 is 0.706 bits per heavy atom. The summed E-state index contributed by atoms with van der Waals surface area (Å²) in [5, 5.41) is 20.7. The van der Waals surface area contributed by atoms with Gasteiger partial charge in [0.05, 0.1) is 0 Å². The third-order valence-electron chi connectivity index (χ3n) is 5.86. The molecule has 2 saturated carbocycles. The van der Waals surface area contributed by atoms with Crippen LogP contribution in [0, 0.1) is 10.8 Å². The second-order valence-electron chi connectivity index (χ2n) is 8.28. The summed E-state index contributed by atoms with van der Waals surface area (Å²) in [6.45, 7) is 0. The molecule has 4 rings (SSSR count). The molecule has 2 aromatic rings. The van der Waals surface area contributed by atoms with Crippen molar-refractivity contribution in [2.75, 3.05) is 10.6 Å². The molecule has 34 heavy (non-hydrogen) atoms. The predicted octanol–water partition coefficient (Wildman–Crippen LogP) is 4.52. The highest BCUT2D eigenvalue weighted by molar-refractivity contribution is 7.15. The molecular formula is C18H18F6N6O2S2. The van der Waals surface area contributed by atoms with Gasteiger partial charge in [0, 0.05) is 12.8 Å². The molecule has 2 amide bonds. The number of anilines is 2. The molecule has 0 aromatic carbocycles. The van der Waals surface area contributed by atoms with Crippen molar-refractivity contribution in [2.24, 2.45) is 10.8 Å². The van der Waals surface area contributed by atoms with E-state index in [1.807, 2.05) is 0 Å². The zero-order valence-electron chi connectivity index (χ0n) is 17.3. The van der Waals surface area contributed by atoms with Crippen LogP contribution in [0.25, 0.3) is 0 Å². The fourth-order valence-electron chi connectivity index (χ4n) is 3.32. The van der Waals surface area contributed by atoms with Gasteiger partial charge in [-0.1, -0.05) is 22.7 Å². The Bertz CT molecular complexity index is 989.